The first-order chi connectivity index (χ1) is 9.56. The fourth-order valence-electron chi connectivity index (χ4n) is 2.01. The normalized spacial score (nSPS) is 10.8. The van der Waals surface area contributed by atoms with Crippen molar-refractivity contribution in [2.45, 2.75) is 0 Å². The molecule has 0 unspecified atom stereocenters. The van der Waals surface area contributed by atoms with Crippen LogP contribution >= 0.6 is 11.3 Å². The predicted molar refractivity (Wildman–Crippen MR) is 82.4 cm³/mol. The van der Waals surface area contributed by atoms with Crippen molar-refractivity contribution < 1.29 is 4.79 Å². The molecule has 0 aliphatic rings. The van der Waals surface area contributed by atoms with Crippen molar-refractivity contribution in [3.8, 4) is 10.4 Å². The number of nitrogens with two attached hydrogens (primary N) is 3. The lowest BCUT2D eigenvalue weighted by Gasteiger charge is -1.99. The molecule has 2 heterocycles. The Balaban J connectivity index is 2.24. The third-order valence-electron chi connectivity index (χ3n) is 3.05. The Hall–Kier alpha value is -2.60. The first kappa shape index (κ1) is 12.4. The minimum absolute atomic E-state index is 0.390. The number of nitrogens with zero attached hydrogens (tertiary/aromatic N) is 1. The lowest BCUT2D eigenvalue weighted by molar-refractivity contribution is 0.100. The van der Waals surface area contributed by atoms with E-state index in [2.05, 4.69) is 4.98 Å². The molecule has 1 aromatic carbocycles. The molecule has 0 bridgehead atoms. The fourth-order valence-corrected chi connectivity index (χ4v) is 3.20. The van der Waals surface area contributed by atoms with E-state index in [1.165, 1.54) is 17.5 Å². The summed E-state index contributed by atoms with van der Waals surface area (Å²) in [5, 5.41) is 0.748. The second kappa shape index (κ2) is 4.50. The first-order valence-corrected chi connectivity index (χ1v) is 6.71. The first-order valence-electron chi connectivity index (χ1n) is 5.90. The molecule has 2 aromatic heterocycles. The molecule has 0 aliphatic heterocycles. The quantitative estimate of drug-likeness (QED) is 0.627. The SMILES string of the molecule is NC(=O)c1cnc(N)c2cc(-c3ccc(N)cc3)sc12. The van der Waals surface area contributed by atoms with E-state index in [4.69, 9.17) is 17.2 Å². The number of amides is 1. The minimum atomic E-state index is -0.506. The fraction of sp³-hybridized carbons (Fsp3) is 0. The molecule has 0 aliphatic carbocycles. The molecule has 0 spiro atoms. The Bertz CT molecular complexity index is 808. The third kappa shape index (κ3) is 1.96. The number of rotatable bonds is 2. The van der Waals surface area contributed by atoms with E-state index in [1.54, 1.807) is 0 Å². The molecule has 0 fully saturated rings. The average molecular weight is 284 g/mol. The van der Waals surface area contributed by atoms with Gasteiger partial charge in [0.15, 0.2) is 0 Å². The Kier molecular flexibility index (Phi) is 2.80. The molecule has 5 nitrogen and oxygen atoms in total. The Labute approximate surface area is 119 Å². The molecule has 0 saturated carbocycles. The largest absolute Gasteiger partial charge is 0.399 e. The van der Waals surface area contributed by atoms with Crippen molar-refractivity contribution in [3.05, 3.63) is 42.1 Å². The summed E-state index contributed by atoms with van der Waals surface area (Å²) in [5.41, 5.74) is 19.0. The standard InChI is InChI=1S/C14H12N4OS/c15-8-3-1-7(2-4-8)11-5-9-12(20-11)10(14(17)19)6-18-13(9)16/h1-6H,15H2,(H2,16,18)(H2,17,19). The molecule has 100 valence electrons. The molecular formula is C14H12N4OS. The molecule has 20 heavy (non-hydrogen) atoms. The van der Waals surface area contributed by atoms with Gasteiger partial charge in [0.25, 0.3) is 5.91 Å². The van der Waals surface area contributed by atoms with Gasteiger partial charge >= 0.3 is 0 Å². The van der Waals surface area contributed by atoms with E-state index in [0.29, 0.717) is 17.1 Å². The van der Waals surface area contributed by atoms with Gasteiger partial charge in [-0.3, -0.25) is 4.79 Å². The van der Waals surface area contributed by atoms with Crippen LogP contribution in [0.2, 0.25) is 0 Å². The van der Waals surface area contributed by atoms with Crippen molar-refractivity contribution >= 4 is 38.8 Å². The van der Waals surface area contributed by atoms with E-state index in [-0.39, 0.29) is 0 Å². The van der Waals surface area contributed by atoms with E-state index < -0.39 is 5.91 Å². The van der Waals surface area contributed by atoms with Crippen LogP contribution in [0, 0.1) is 0 Å². The lowest BCUT2D eigenvalue weighted by atomic mass is 10.1. The zero-order chi connectivity index (χ0) is 14.3. The summed E-state index contributed by atoms with van der Waals surface area (Å²) in [5.74, 6) is -0.115. The number of carbonyl (C=O) groups excluding carboxylic acids is 1. The molecular weight excluding hydrogens is 272 g/mol. The number of benzene rings is 1. The zero-order valence-corrected chi connectivity index (χ0v) is 11.3. The van der Waals surface area contributed by atoms with E-state index in [9.17, 15) is 4.79 Å². The summed E-state index contributed by atoms with van der Waals surface area (Å²) in [4.78, 5) is 16.4. The van der Waals surface area contributed by atoms with Crippen molar-refractivity contribution in [2.24, 2.45) is 5.73 Å². The monoisotopic (exact) mass is 284 g/mol. The smallest absolute Gasteiger partial charge is 0.251 e. The second-order valence-corrected chi connectivity index (χ2v) is 5.45. The van der Waals surface area contributed by atoms with Crippen molar-refractivity contribution in [3.63, 3.8) is 0 Å². The minimum Gasteiger partial charge on any atom is -0.399 e. The number of anilines is 2. The highest BCUT2D eigenvalue weighted by Gasteiger charge is 2.14. The van der Waals surface area contributed by atoms with Gasteiger partial charge < -0.3 is 17.2 Å². The molecule has 3 aromatic rings. The third-order valence-corrected chi connectivity index (χ3v) is 4.26. The summed E-state index contributed by atoms with van der Waals surface area (Å²) in [6, 6.07) is 9.42. The van der Waals surface area contributed by atoms with Gasteiger partial charge in [-0.05, 0) is 23.8 Å². The van der Waals surface area contributed by atoms with Crippen molar-refractivity contribution in [1.82, 2.24) is 4.98 Å². The van der Waals surface area contributed by atoms with E-state index in [1.807, 2.05) is 30.3 Å². The predicted octanol–water partition coefficient (Wildman–Crippen LogP) is 2.23. The van der Waals surface area contributed by atoms with Crippen LogP contribution in [-0.4, -0.2) is 10.9 Å². The van der Waals surface area contributed by atoms with Crippen LogP contribution in [0.15, 0.2) is 36.5 Å². The van der Waals surface area contributed by atoms with Gasteiger partial charge in [-0.15, -0.1) is 11.3 Å². The highest BCUT2D eigenvalue weighted by molar-refractivity contribution is 7.22. The second-order valence-electron chi connectivity index (χ2n) is 4.40. The summed E-state index contributed by atoms with van der Waals surface area (Å²) in [6.07, 6.45) is 1.42. The summed E-state index contributed by atoms with van der Waals surface area (Å²) in [7, 11) is 0. The molecule has 3 rings (SSSR count). The Morgan fingerprint density at radius 3 is 2.50 bits per heavy atom. The molecule has 1 amide bonds. The number of aromatic nitrogens is 1. The zero-order valence-electron chi connectivity index (χ0n) is 10.5. The number of hydrogen-bond donors (Lipinski definition) is 3. The van der Waals surface area contributed by atoms with Gasteiger partial charge in [0.05, 0.1) is 10.3 Å². The maximum absolute atomic E-state index is 11.4. The number of fused-ring (bicyclic) bond motifs is 1. The Morgan fingerprint density at radius 1 is 1.15 bits per heavy atom. The molecule has 0 radical (unpaired) electrons. The highest BCUT2D eigenvalue weighted by Crippen LogP contribution is 2.37. The average Bonchev–Trinajstić information content (AvgIpc) is 2.85. The maximum Gasteiger partial charge on any atom is 0.251 e. The van der Waals surface area contributed by atoms with Gasteiger partial charge in [0.1, 0.15) is 5.82 Å². The van der Waals surface area contributed by atoms with Crippen LogP contribution < -0.4 is 17.2 Å². The number of primary amides is 1. The summed E-state index contributed by atoms with van der Waals surface area (Å²) in [6.45, 7) is 0. The molecule has 0 atom stereocenters. The Morgan fingerprint density at radius 2 is 1.85 bits per heavy atom. The van der Waals surface area contributed by atoms with Crippen LogP contribution in [-0.2, 0) is 0 Å². The van der Waals surface area contributed by atoms with Gasteiger partial charge in [-0.25, -0.2) is 4.98 Å². The maximum atomic E-state index is 11.4. The molecule has 6 N–H and O–H groups in total. The van der Waals surface area contributed by atoms with Crippen LogP contribution in [0.4, 0.5) is 11.5 Å². The van der Waals surface area contributed by atoms with Gasteiger partial charge in [0.2, 0.25) is 0 Å². The van der Waals surface area contributed by atoms with E-state index >= 15 is 0 Å². The number of thiophene rings is 1. The van der Waals surface area contributed by atoms with Crippen molar-refractivity contribution in [1.29, 1.82) is 0 Å². The van der Waals surface area contributed by atoms with Gasteiger partial charge in [-0.2, -0.15) is 0 Å². The van der Waals surface area contributed by atoms with Gasteiger partial charge in [-0.1, -0.05) is 12.1 Å². The van der Waals surface area contributed by atoms with Crippen LogP contribution in [0.3, 0.4) is 0 Å². The number of carbonyl (C=O) groups is 1. The lowest BCUT2D eigenvalue weighted by Crippen LogP contribution is -2.11. The summed E-state index contributed by atoms with van der Waals surface area (Å²) >= 11 is 1.46. The summed E-state index contributed by atoms with van der Waals surface area (Å²) < 4.78 is 0.761. The van der Waals surface area contributed by atoms with Crippen molar-refractivity contribution in [2.75, 3.05) is 11.5 Å². The van der Waals surface area contributed by atoms with Crippen LogP contribution in [0.25, 0.3) is 20.5 Å². The van der Waals surface area contributed by atoms with E-state index in [0.717, 1.165) is 20.5 Å². The van der Waals surface area contributed by atoms with Gasteiger partial charge in [0, 0.05) is 22.1 Å². The van der Waals surface area contributed by atoms with Crippen LogP contribution in [0.5, 0.6) is 0 Å². The number of pyridine rings is 1. The topological polar surface area (TPSA) is 108 Å². The van der Waals surface area contributed by atoms with Crippen LogP contribution in [0.1, 0.15) is 10.4 Å². The highest BCUT2D eigenvalue weighted by atomic mass is 32.1. The molecule has 0 saturated heterocycles. The molecule has 6 heteroatoms. The number of nitrogen functional groups attached to an aromatic ring is 2. The number of hydrogen-bond acceptors (Lipinski definition) is 5.